The van der Waals surface area contributed by atoms with E-state index in [0.717, 1.165) is 38.0 Å². The standard InChI is InChI=1S/C22H35FN6O2/c1-2-25-22(27-17-5-9-28(10-6-17)15-21(24)31)26-14-16-3-4-20(19(23)13-16)29-11-7-18(30)8-12-29/h3-4,13,17-18,30H,2,5-12,14-15H2,1H3,(H2,24,31)(H2,25,26,27). The summed E-state index contributed by atoms with van der Waals surface area (Å²) in [7, 11) is 0. The highest BCUT2D eigenvalue weighted by atomic mass is 19.1. The Balaban J connectivity index is 1.55. The number of aliphatic imine (C=N–C) groups is 1. The van der Waals surface area contributed by atoms with Crippen LogP contribution in [0.4, 0.5) is 10.1 Å². The molecule has 0 aromatic heterocycles. The Kier molecular flexibility index (Phi) is 8.48. The number of halogens is 1. The Morgan fingerprint density at radius 2 is 1.94 bits per heavy atom. The number of rotatable bonds is 7. The number of benzene rings is 1. The molecule has 2 heterocycles. The van der Waals surface area contributed by atoms with E-state index in [2.05, 4.69) is 20.5 Å². The molecule has 5 N–H and O–H groups in total. The third-order valence-electron chi connectivity index (χ3n) is 5.89. The number of aliphatic hydroxyl groups excluding tert-OH is 1. The lowest BCUT2D eigenvalue weighted by atomic mass is 10.1. The maximum absolute atomic E-state index is 14.7. The van der Waals surface area contributed by atoms with E-state index in [0.29, 0.717) is 50.7 Å². The number of aliphatic hydroxyl groups is 1. The molecule has 1 aromatic rings. The van der Waals surface area contributed by atoms with Gasteiger partial charge in [0.05, 0.1) is 24.9 Å². The van der Waals surface area contributed by atoms with E-state index in [1.54, 1.807) is 6.07 Å². The molecule has 2 fully saturated rings. The van der Waals surface area contributed by atoms with Crippen molar-refractivity contribution < 1.29 is 14.3 Å². The van der Waals surface area contributed by atoms with Gasteiger partial charge in [-0.25, -0.2) is 9.38 Å². The van der Waals surface area contributed by atoms with Crippen molar-refractivity contribution in [1.82, 2.24) is 15.5 Å². The highest BCUT2D eigenvalue weighted by Crippen LogP contribution is 2.24. The second-order valence-corrected chi connectivity index (χ2v) is 8.36. The first-order chi connectivity index (χ1) is 14.9. The van der Waals surface area contributed by atoms with Crippen LogP contribution < -0.4 is 21.3 Å². The summed E-state index contributed by atoms with van der Waals surface area (Å²) in [5.74, 6) is 0.173. The van der Waals surface area contributed by atoms with Crippen LogP contribution in [0.3, 0.4) is 0 Å². The van der Waals surface area contributed by atoms with Crippen LogP contribution in [0.25, 0.3) is 0 Å². The fourth-order valence-corrected chi connectivity index (χ4v) is 4.15. The van der Waals surface area contributed by atoms with Gasteiger partial charge < -0.3 is 26.4 Å². The third kappa shape index (κ3) is 7.07. The highest BCUT2D eigenvalue weighted by molar-refractivity contribution is 5.80. The number of anilines is 1. The minimum absolute atomic E-state index is 0.246. The number of piperidine rings is 2. The first kappa shape index (κ1) is 23.3. The second kappa shape index (κ2) is 11.3. The first-order valence-corrected chi connectivity index (χ1v) is 11.2. The molecule has 31 heavy (non-hydrogen) atoms. The predicted octanol–water partition coefficient (Wildman–Crippen LogP) is 0.792. The second-order valence-electron chi connectivity index (χ2n) is 8.36. The number of hydrogen-bond donors (Lipinski definition) is 4. The van der Waals surface area contributed by atoms with E-state index in [1.807, 2.05) is 24.0 Å². The van der Waals surface area contributed by atoms with Crippen LogP contribution in [-0.4, -0.2) is 73.3 Å². The quantitative estimate of drug-likeness (QED) is 0.374. The molecule has 0 unspecified atom stereocenters. The molecule has 8 nitrogen and oxygen atoms in total. The summed E-state index contributed by atoms with van der Waals surface area (Å²) < 4.78 is 14.7. The van der Waals surface area contributed by atoms with E-state index in [9.17, 15) is 14.3 Å². The van der Waals surface area contributed by atoms with E-state index in [-0.39, 0.29) is 23.9 Å². The zero-order valence-corrected chi connectivity index (χ0v) is 18.3. The van der Waals surface area contributed by atoms with Crippen molar-refractivity contribution in [3.05, 3.63) is 29.6 Å². The average molecular weight is 435 g/mol. The van der Waals surface area contributed by atoms with Gasteiger partial charge in [0.2, 0.25) is 5.91 Å². The van der Waals surface area contributed by atoms with Gasteiger partial charge in [0.15, 0.2) is 5.96 Å². The number of guanidine groups is 1. The molecule has 0 spiro atoms. The largest absolute Gasteiger partial charge is 0.393 e. The summed E-state index contributed by atoms with van der Waals surface area (Å²) in [4.78, 5) is 19.8. The summed E-state index contributed by atoms with van der Waals surface area (Å²) in [6.07, 6.45) is 2.88. The van der Waals surface area contributed by atoms with Gasteiger partial charge in [-0.2, -0.15) is 0 Å². The van der Waals surface area contributed by atoms with Crippen molar-refractivity contribution in [2.45, 2.75) is 51.3 Å². The van der Waals surface area contributed by atoms with Crippen molar-refractivity contribution in [1.29, 1.82) is 0 Å². The predicted molar refractivity (Wildman–Crippen MR) is 120 cm³/mol. The van der Waals surface area contributed by atoms with E-state index in [1.165, 1.54) is 0 Å². The number of nitrogens with zero attached hydrogens (tertiary/aromatic N) is 3. The van der Waals surface area contributed by atoms with Crippen LogP contribution in [0.5, 0.6) is 0 Å². The summed E-state index contributed by atoms with van der Waals surface area (Å²) in [5, 5.41) is 16.4. The lowest BCUT2D eigenvalue weighted by molar-refractivity contribution is -0.119. The van der Waals surface area contributed by atoms with E-state index < -0.39 is 0 Å². The van der Waals surface area contributed by atoms with Gasteiger partial charge in [-0.05, 0) is 50.3 Å². The highest BCUT2D eigenvalue weighted by Gasteiger charge is 2.21. The number of nitrogens with one attached hydrogen (secondary N) is 2. The molecule has 0 radical (unpaired) electrons. The monoisotopic (exact) mass is 434 g/mol. The Morgan fingerprint density at radius 1 is 1.23 bits per heavy atom. The van der Waals surface area contributed by atoms with Gasteiger partial charge in [0, 0.05) is 38.8 Å². The molecule has 0 bridgehead atoms. The molecule has 9 heteroatoms. The fourth-order valence-electron chi connectivity index (χ4n) is 4.15. The molecule has 1 amide bonds. The van der Waals surface area contributed by atoms with Crippen molar-refractivity contribution in [3.8, 4) is 0 Å². The first-order valence-electron chi connectivity index (χ1n) is 11.2. The van der Waals surface area contributed by atoms with Crippen LogP contribution in [0.1, 0.15) is 38.2 Å². The van der Waals surface area contributed by atoms with Gasteiger partial charge in [0.25, 0.3) is 0 Å². The number of primary amides is 1. The smallest absolute Gasteiger partial charge is 0.231 e. The van der Waals surface area contributed by atoms with Crippen molar-refractivity contribution in [3.63, 3.8) is 0 Å². The molecule has 0 saturated carbocycles. The average Bonchev–Trinajstić information content (AvgIpc) is 2.74. The normalized spacial score (nSPS) is 19.5. The van der Waals surface area contributed by atoms with Gasteiger partial charge >= 0.3 is 0 Å². The van der Waals surface area contributed by atoms with Gasteiger partial charge in [0.1, 0.15) is 5.82 Å². The molecule has 1 aromatic carbocycles. The molecule has 0 aliphatic carbocycles. The minimum atomic E-state index is -0.294. The van der Waals surface area contributed by atoms with Gasteiger partial charge in [-0.3, -0.25) is 9.69 Å². The number of carbonyl (C=O) groups is 1. The molecule has 0 atom stereocenters. The number of hydrogen-bond acceptors (Lipinski definition) is 5. The van der Waals surface area contributed by atoms with Crippen LogP contribution in [-0.2, 0) is 11.3 Å². The summed E-state index contributed by atoms with van der Waals surface area (Å²) in [6.45, 7) is 6.41. The lowest BCUT2D eigenvalue weighted by Crippen LogP contribution is -2.49. The van der Waals surface area contributed by atoms with Gasteiger partial charge in [-0.1, -0.05) is 6.07 Å². The Morgan fingerprint density at radius 3 is 2.55 bits per heavy atom. The topological polar surface area (TPSA) is 106 Å². The summed E-state index contributed by atoms with van der Waals surface area (Å²) in [5.41, 5.74) is 6.68. The maximum Gasteiger partial charge on any atom is 0.231 e. The van der Waals surface area contributed by atoms with Crippen LogP contribution in [0.15, 0.2) is 23.2 Å². The van der Waals surface area contributed by atoms with E-state index >= 15 is 0 Å². The SMILES string of the molecule is CCNC(=NCc1ccc(N2CCC(O)CC2)c(F)c1)NC1CCN(CC(N)=O)CC1. The van der Waals surface area contributed by atoms with Crippen LogP contribution in [0, 0.1) is 5.82 Å². The Labute approximate surface area is 183 Å². The van der Waals surface area contributed by atoms with Crippen molar-refractivity contribution in [2.75, 3.05) is 44.2 Å². The van der Waals surface area contributed by atoms with Crippen molar-refractivity contribution in [2.24, 2.45) is 10.7 Å². The number of carbonyl (C=O) groups excluding carboxylic acids is 1. The molecule has 2 aliphatic heterocycles. The number of likely N-dealkylation sites (tertiary alicyclic amines) is 1. The summed E-state index contributed by atoms with van der Waals surface area (Å²) in [6, 6.07) is 5.55. The van der Waals surface area contributed by atoms with Crippen molar-refractivity contribution >= 4 is 17.6 Å². The Hall–Kier alpha value is -2.39. The van der Waals surface area contributed by atoms with Crippen LogP contribution >= 0.6 is 0 Å². The lowest BCUT2D eigenvalue weighted by Gasteiger charge is -2.32. The number of amides is 1. The maximum atomic E-state index is 14.7. The van der Waals surface area contributed by atoms with E-state index in [4.69, 9.17) is 5.73 Å². The molecule has 2 aliphatic rings. The molecule has 2 saturated heterocycles. The fraction of sp³-hybridized carbons (Fsp3) is 0.636. The zero-order chi connectivity index (χ0) is 22.2. The van der Waals surface area contributed by atoms with Crippen LogP contribution in [0.2, 0.25) is 0 Å². The van der Waals surface area contributed by atoms with Gasteiger partial charge in [-0.15, -0.1) is 0 Å². The summed E-state index contributed by atoms with van der Waals surface area (Å²) >= 11 is 0. The molecule has 3 rings (SSSR count). The molecule has 172 valence electrons. The Bertz CT molecular complexity index is 758. The minimum Gasteiger partial charge on any atom is -0.393 e. The molecular formula is C22H35FN6O2. The zero-order valence-electron chi connectivity index (χ0n) is 18.3. The number of nitrogens with two attached hydrogens (primary N) is 1. The third-order valence-corrected chi connectivity index (χ3v) is 5.89. The molecular weight excluding hydrogens is 399 g/mol.